The average molecular weight is 251 g/mol. The summed E-state index contributed by atoms with van der Waals surface area (Å²) in [6.07, 6.45) is 1.61. The maximum Gasteiger partial charge on any atom is 0.181 e. The fourth-order valence-electron chi connectivity index (χ4n) is 1.14. The van der Waals surface area contributed by atoms with E-state index in [1.807, 2.05) is 0 Å². The number of carbonyl (C=O) groups is 1. The van der Waals surface area contributed by atoms with Crippen molar-refractivity contribution >= 4 is 5.78 Å². The summed E-state index contributed by atoms with van der Waals surface area (Å²) in [5, 5.41) is 7.54. The lowest BCUT2D eigenvalue weighted by Gasteiger charge is -2.03. The maximum atomic E-state index is 11.0. The number of carbonyl (C=O) groups excluding carboxylic acids is 1. The van der Waals surface area contributed by atoms with E-state index in [1.54, 1.807) is 17.8 Å². The monoisotopic (exact) mass is 251 g/mol. The van der Waals surface area contributed by atoms with Gasteiger partial charge in [0.2, 0.25) is 0 Å². The number of hydrogen-bond donors (Lipinski definition) is 0. The number of rotatable bonds is 8. The Hall–Kier alpha value is -1.71. The highest BCUT2D eigenvalue weighted by Gasteiger charge is 2.04. The van der Waals surface area contributed by atoms with Gasteiger partial charge in [0.1, 0.15) is 12.3 Å². The van der Waals surface area contributed by atoms with E-state index in [9.17, 15) is 4.79 Å². The molecule has 0 fully saturated rings. The molecule has 0 aliphatic carbocycles. The summed E-state index contributed by atoms with van der Waals surface area (Å²) in [6, 6.07) is 0. The Labute approximate surface area is 106 Å². The van der Waals surface area contributed by atoms with Crippen LogP contribution in [0, 0.1) is 11.8 Å². The molecule has 0 aliphatic heterocycles. The summed E-state index contributed by atoms with van der Waals surface area (Å²) in [4.78, 5) is 11.0. The molecule has 0 radical (unpaired) electrons. The van der Waals surface area contributed by atoms with E-state index in [-0.39, 0.29) is 5.78 Å². The lowest BCUT2D eigenvalue weighted by Crippen LogP contribution is -2.10. The Balaban J connectivity index is 2.06. The second-order valence-corrected chi connectivity index (χ2v) is 3.51. The fraction of sp³-hybridized carbons (Fsp3) is 0.583. The van der Waals surface area contributed by atoms with Crippen LogP contribution in [0.25, 0.3) is 0 Å². The van der Waals surface area contributed by atoms with Crippen LogP contribution in [0.3, 0.4) is 0 Å². The molecular weight excluding hydrogens is 234 g/mol. The van der Waals surface area contributed by atoms with Gasteiger partial charge >= 0.3 is 0 Å². The van der Waals surface area contributed by atoms with Crippen molar-refractivity contribution in [3.63, 3.8) is 0 Å². The SMILES string of the molecule is CC#CCOCCOCCn1cc(C(C)=O)nn1. The van der Waals surface area contributed by atoms with Gasteiger partial charge in [-0.05, 0) is 6.92 Å². The molecule has 0 amide bonds. The van der Waals surface area contributed by atoms with Crippen LogP contribution in [0.4, 0.5) is 0 Å². The van der Waals surface area contributed by atoms with Crippen LogP contribution in [0.2, 0.25) is 0 Å². The Morgan fingerprint density at radius 2 is 2.17 bits per heavy atom. The highest BCUT2D eigenvalue weighted by atomic mass is 16.5. The van der Waals surface area contributed by atoms with Crippen LogP contribution in [0.5, 0.6) is 0 Å². The van der Waals surface area contributed by atoms with E-state index in [0.29, 0.717) is 38.7 Å². The highest BCUT2D eigenvalue weighted by Crippen LogP contribution is 1.94. The minimum Gasteiger partial charge on any atom is -0.377 e. The van der Waals surface area contributed by atoms with Crippen molar-refractivity contribution in [3.8, 4) is 11.8 Å². The quantitative estimate of drug-likeness (QED) is 0.383. The van der Waals surface area contributed by atoms with Gasteiger partial charge < -0.3 is 9.47 Å². The number of ketones is 1. The third-order valence-corrected chi connectivity index (χ3v) is 2.09. The third kappa shape index (κ3) is 5.57. The molecule has 0 aliphatic rings. The third-order valence-electron chi connectivity index (χ3n) is 2.09. The molecule has 1 aromatic rings. The number of hydrogen-bond acceptors (Lipinski definition) is 5. The molecule has 0 N–H and O–H groups in total. The summed E-state index contributed by atoms with van der Waals surface area (Å²) in [5.41, 5.74) is 0.372. The highest BCUT2D eigenvalue weighted by molar-refractivity contribution is 5.91. The van der Waals surface area contributed by atoms with Crippen molar-refractivity contribution in [1.82, 2.24) is 15.0 Å². The van der Waals surface area contributed by atoms with Crippen molar-refractivity contribution in [3.05, 3.63) is 11.9 Å². The van der Waals surface area contributed by atoms with Gasteiger partial charge in [-0.2, -0.15) is 0 Å². The van der Waals surface area contributed by atoms with Crippen molar-refractivity contribution < 1.29 is 14.3 Å². The minimum absolute atomic E-state index is 0.0902. The predicted octanol–water partition coefficient (Wildman–Crippen LogP) is 0.537. The Morgan fingerprint density at radius 1 is 1.39 bits per heavy atom. The first-order chi connectivity index (χ1) is 8.74. The van der Waals surface area contributed by atoms with E-state index >= 15 is 0 Å². The van der Waals surface area contributed by atoms with Gasteiger partial charge in [0, 0.05) is 6.92 Å². The van der Waals surface area contributed by atoms with Crippen LogP contribution < -0.4 is 0 Å². The lowest BCUT2D eigenvalue weighted by molar-refractivity contribution is 0.0554. The first kappa shape index (κ1) is 14.4. The van der Waals surface area contributed by atoms with Crippen molar-refractivity contribution in [2.45, 2.75) is 20.4 Å². The molecule has 98 valence electrons. The maximum absolute atomic E-state index is 11.0. The molecule has 0 unspecified atom stereocenters. The Kier molecular flexibility index (Phi) is 6.69. The van der Waals surface area contributed by atoms with Crippen LogP contribution in [0.15, 0.2) is 6.20 Å². The molecule has 0 saturated carbocycles. The molecule has 0 atom stereocenters. The first-order valence-electron chi connectivity index (χ1n) is 5.70. The van der Waals surface area contributed by atoms with E-state index in [1.165, 1.54) is 6.92 Å². The van der Waals surface area contributed by atoms with Crippen molar-refractivity contribution in [2.75, 3.05) is 26.4 Å². The standard InChI is InChI=1S/C12H17N3O3/c1-3-4-6-17-8-9-18-7-5-15-10-12(11(2)16)13-14-15/h10H,5-9H2,1-2H3. The lowest BCUT2D eigenvalue weighted by atomic mass is 10.3. The molecular formula is C12H17N3O3. The second kappa shape index (κ2) is 8.39. The minimum atomic E-state index is -0.0902. The first-order valence-corrected chi connectivity index (χ1v) is 5.70. The van der Waals surface area contributed by atoms with Crippen molar-refractivity contribution in [2.24, 2.45) is 0 Å². The van der Waals surface area contributed by atoms with Gasteiger partial charge in [-0.25, -0.2) is 4.68 Å². The molecule has 0 bridgehead atoms. The van der Waals surface area contributed by atoms with Crippen LogP contribution in [0.1, 0.15) is 24.3 Å². The van der Waals surface area contributed by atoms with E-state index in [0.717, 1.165) is 0 Å². The zero-order valence-corrected chi connectivity index (χ0v) is 10.7. The predicted molar refractivity (Wildman–Crippen MR) is 65.1 cm³/mol. The number of ether oxygens (including phenoxy) is 2. The fourth-order valence-corrected chi connectivity index (χ4v) is 1.14. The molecule has 0 spiro atoms. The largest absolute Gasteiger partial charge is 0.377 e. The van der Waals surface area contributed by atoms with Gasteiger partial charge in [0.25, 0.3) is 0 Å². The van der Waals surface area contributed by atoms with Crippen LogP contribution >= 0.6 is 0 Å². The van der Waals surface area contributed by atoms with Gasteiger partial charge in [-0.1, -0.05) is 11.1 Å². The Bertz CT molecular complexity index is 431. The molecule has 1 aromatic heterocycles. The van der Waals surface area contributed by atoms with Gasteiger partial charge in [0.05, 0.1) is 32.6 Å². The zero-order chi connectivity index (χ0) is 13.2. The molecule has 1 heterocycles. The molecule has 0 saturated heterocycles. The second-order valence-electron chi connectivity index (χ2n) is 3.51. The summed E-state index contributed by atoms with van der Waals surface area (Å²) in [7, 11) is 0. The smallest absolute Gasteiger partial charge is 0.181 e. The number of nitrogens with zero attached hydrogens (tertiary/aromatic N) is 3. The molecule has 6 nitrogen and oxygen atoms in total. The number of Topliss-reactive ketones (excluding diaryl/α,β-unsaturated/α-hetero) is 1. The molecule has 18 heavy (non-hydrogen) atoms. The van der Waals surface area contributed by atoms with Gasteiger partial charge in [-0.15, -0.1) is 11.0 Å². The van der Waals surface area contributed by atoms with E-state index < -0.39 is 0 Å². The summed E-state index contributed by atoms with van der Waals surface area (Å²) in [5.74, 6) is 5.45. The Morgan fingerprint density at radius 3 is 2.83 bits per heavy atom. The number of aromatic nitrogens is 3. The molecule has 0 aromatic carbocycles. The summed E-state index contributed by atoms with van der Waals surface area (Å²) < 4.78 is 12.1. The van der Waals surface area contributed by atoms with Crippen LogP contribution in [-0.4, -0.2) is 47.2 Å². The average Bonchev–Trinajstić information content (AvgIpc) is 2.81. The molecule has 1 rings (SSSR count). The molecule has 6 heteroatoms. The van der Waals surface area contributed by atoms with E-state index in [2.05, 4.69) is 22.2 Å². The zero-order valence-electron chi connectivity index (χ0n) is 10.7. The van der Waals surface area contributed by atoms with Gasteiger partial charge in [-0.3, -0.25) is 4.79 Å². The van der Waals surface area contributed by atoms with Gasteiger partial charge in [0.15, 0.2) is 5.78 Å². The summed E-state index contributed by atoms with van der Waals surface area (Å²) in [6.45, 7) is 5.77. The topological polar surface area (TPSA) is 66.2 Å². The van der Waals surface area contributed by atoms with Crippen LogP contribution in [-0.2, 0) is 16.0 Å². The normalized spacial score (nSPS) is 9.89. The summed E-state index contributed by atoms with van der Waals surface area (Å²) >= 11 is 0. The van der Waals surface area contributed by atoms with Crippen molar-refractivity contribution in [1.29, 1.82) is 0 Å². The van der Waals surface area contributed by atoms with E-state index in [4.69, 9.17) is 9.47 Å².